The number of carbonyl (C=O) groups is 2. The molecule has 160 valence electrons. The van der Waals surface area contributed by atoms with Crippen LogP contribution in [0.1, 0.15) is 17.3 Å². The molecule has 0 aliphatic carbocycles. The lowest BCUT2D eigenvalue weighted by molar-refractivity contribution is -0.143. The van der Waals surface area contributed by atoms with E-state index in [2.05, 4.69) is 0 Å². The molecule has 1 saturated heterocycles. The van der Waals surface area contributed by atoms with Crippen molar-refractivity contribution in [1.29, 1.82) is 0 Å². The van der Waals surface area contributed by atoms with Crippen LogP contribution in [-0.4, -0.2) is 61.3 Å². The molecule has 1 aromatic heterocycles. The van der Waals surface area contributed by atoms with Gasteiger partial charge in [-0.1, -0.05) is 18.2 Å². The number of methoxy groups -OCH3 is 1. The molecule has 1 aliphatic rings. The molecule has 1 fully saturated rings. The molecule has 7 heteroatoms. The van der Waals surface area contributed by atoms with Crippen LogP contribution in [0, 0.1) is 0 Å². The summed E-state index contributed by atoms with van der Waals surface area (Å²) in [7, 11) is 1.61. The van der Waals surface area contributed by atoms with E-state index in [9.17, 15) is 9.59 Å². The van der Waals surface area contributed by atoms with Crippen LogP contribution in [0.15, 0.2) is 54.6 Å². The van der Waals surface area contributed by atoms with Crippen LogP contribution in [0.2, 0.25) is 0 Å². The summed E-state index contributed by atoms with van der Waals surface area (Å²) in [4.78, 5) is 32.1. The number of amides is 1. The number of fused-ring (bicyclic) bond motifs is 1. The van der Waals surface area contributed by atoms with Gasteiger partial charge in [-0.3, -0.25) is 4.79 Å². The molecule has 31 heavy (non-hydrogen) atoms. The molecule has 2 heterocycles. The van der Waals surface area contributed by atoms with Gasteiger partial charge in [0.25, 0.3) is 5.91 Å². The Bertz CT molecular complexity index is 1090. The number of esters is 1. The van der Waals surface area contributed by atoms with E-state index in [1.807, 2.05) is 48.5 Å². The van der Waals surface area contributed by atoms with Crippen LogP contribution in [0.3, 0.4) is 0 Å². The summed E-state index contributed by atoms with van der Waals surface area (Å²) in [6.45, 7) is 3.59. The van der Waals surface area contributed by atoms with Gasteiger partial charge in [0.2, 0.25) is 0 Å². The first-order valence-electron chi connectivity index (χ1n) is 10.2. The third-order valence-electron chi connectivity index (χ3n) is 5.28. The number of rotatable bonds is 5. The zero-order valence-corrected chi connectivity index (χ0v) is 17.5. The Hall–Kier alpha value is -3.45. The second-order valence-electron chi connectivity index (χ2n) is 7.29. The van der Waals surface area contributed by atoms with Gasteiger partial charge in [0, 0.05) is 24.0 Å². The fourth-order valence-corrected chi connectivity index (χ4v) is 3.57. The van der Waals surface area contributed by atoms with E-state index in [0.29, 0.717) is 48.5 Å². The smallest absolute Gasteiger partial charge is 0.339 e. The van der Waals surface area contributed by atoms with Crippen molar-refractivity contribution in [1.82, 2.24) is 9.88 Å². The standard InChI is InChI=1S/C24H24N2O5/c1-16(23(27)26-11-13-30-14-12-26)31-24(28)20-15-22(17-7-9-18(29-2)10-8-17)25-21-6-4-3-5-19(20)21/h3-10,15-16H,11-14H2,1-2H3/t16-/m1/s1. The van der Waals surface area contributed by atoms with Gasteiger partial charge in [-0.15, -0.1) is 0 Å². The largest absolute Gasteiger partial charge is 0.497 e. The number of aromatic nitrogens is 1. The molecule has 0 N–H and O–H groups in total. The Morgan fingerprint density at radius 3 is 2.48 bits per heavy atom. The predicted molar refractivity (Wildman–Crippen MR) is 116 cm³/mol. The third-order valence-corrected chi connectivity index (χ3v) is 5.28. The van der Waals surface area contributed by atoms with Gasteiger partial charge in [-0.2, -0.15) is 0 Å². The van der Waals surface area contributed by atoms with E-state index in [-0.39, 0.29) is 5.91 Å². The molecule has 0 radical (unpaired) electrons. The number of ether oxygens (including phenoxy) is 3. The van der Waals surface area contributed by atoms with Crippen molar-refractivity contribution in [3.8, 4) is 17.0 Å². The van der Waals surface area contributed by atoms with Gasteiger partial charge in [0.15, 0.2) is 6.10 Å². The van der Waals surface area contributed by atoms with E-state index in [1.165, 1.54) is 0 Å². The number of morpholine rings is 1. The highest BCUT2D eigenvalue weighted by molar-refractivity contribution is 6.05. The van der Waals surface area contributed by atoms with Crippen LogP contribution in [-0.2, 0) is 14.3 Å². The highest BCUT2D eigenvalue weighted by Crippen LogP contribution is 2.27. The van der Waals surface area contributed by atoms with Gasteiger partial charge in [0.1, 0.15) is 5.75 Å². The normalized spacial score (nSPS) is 14.8. The van der Waals surface area contributed by atoms with Gasteiger partial charge in [0.05, 0.1) is 37.1 Å². The van der Waals surface area contributed by atoms with Crippen LogP contribution < -0.4 is 4.74 Å². The van der Waals surface area contributed by atoms with Crippen molar-refractivity contribution >= 4 is 22.8 Å². The van der Waals surface area contributed by atoms with Gasteiger partial charge >= 0.3 is 5.97 Å². The maximum atomic E-state index is 13.1. The zero-order valence-electron chi connectivity index (χ0n) is 17.5. The molecule has 1 amide bonds. The Balaban J connectivity index is 1.63. The monoisotopic (exact) mass is 420 g/mol. The Labute approximate surface area is 180 Å². The van der Waals surface area contributed by atoms with E-state index >= 15 is 0 Å². The highest BCUT2D eigenvalue weighted by Gasteiger charge is 2.26. The number of para-hydroxylation sites is 1. The number of pyridine rings is 1. The fraction of sp³-hybridized carbons (Fsp3) is 0.292. The lowest BCUT2D eigenvalue weighted by Gasteiger charge is -2.29. The van der Waals surface area contributed by atoms with Crippen LogP contribution >= 0.6 is 0 Å². The first-order valence-corrected chi connectivity index (χ1v) is 10.2. The maximum absolute atomic E-state index is 13.1. The van der Waals surface area contributed by atoms with Crippen molar-refractivity contribution < 1.29 is 23.8 Å². The fourth-order valence-electron chi connectivity index (χ4n) is 3.57. The predicted octanol–water partition coefficient (Wildman–Crippen LogP) is 3.31. The lowest BCUT2D eigenvalue weighted by Crippen LogP contribution is -2.46. The average molecular weight is 420 g/mol. The van der Waals surface area contributed by atoms with Gasteiger partial charge < -0.3 is 19.1 Å². The first-order chi connectivity index (χ1) is 15.1. The minimum atomic E-state index is -0.887. The maximum Gasteiger partial charge on any atom is 0.339 e. The second-order valence-corrected chi connectivity index (χ2v) is 7.29. The summed E-state index contributed by atoms with van der Waals surface area (Å²) in [6, 6.07) is 16.5. The van der Waals surface area contributed by atoms with Gasteiger partial charge in [-0.25, -0.2) is 9.78 Å². The second kappa shape index (κ2) is 9.14. The Morgan fingerprint density at radius 2 is 1.77 bits per heavy atom. The van der Waals surface area contributed by atoms with E-state index < -0.39 is 12.1 Å². The van der Waals surface area contributed by atoms with Gasteiger partial charge in [-0.05, 0) is 43.3 Å². The van der Waals surface area contributed by atoms with Crippen molar-refractivity contribution in [2.75, 3.05) is 33.4 Å². The summed E-state index contributed by atoms with van der Waals surface area (Å²) >= 11 is 0. The molecule has 0 bridgehead atoms. The molecule has 1 atom stereocenters. The summed E-state index contributed by atoms with van der Waals surface area (Å²) < 4.78 is 16.1. The zero-order chi connectivity index (χ0) is 21.8. The topological polar surface area (TPSA) is 78.0 Å². The summed E-state index contributed by atoms with van der Waals surface area (Å²) in [5.74, 6) is -0.0347. The van der Waals surface area contributed by atoms with Crippen LogP contribution in [0.25, 0.3) is 22.2 Å². The van der Waals surface area contributed by atoms with Crippen LogP contribution in [0.4, 0.5) is 0 Å². The molecule has 0 unspecified atom stereocenters. The molecule has 0 saturated carbocycles. The molecular weight excluding hydrogens is 396 g/mol. The lowest BCUT2D eigenvalue weighted by atomic mass is 10.0. The molecular formula is C24H24N2O5. The minimum absolute atomic E-state index is 0.217. The number of nitrogens with zero attached hydrogens (tertiary/aromatic N) is 2. The molecule has 3 aromatic rings. The molecule has 1 aliphatic heterocycles. The van der Waals surface area contributed by atoms with E-state index in [4.69, 9.17) is 19.2 Å². The van der Waals surface area contributed by atoms with Crippen molar-refractivity contribution in [2.45, 2.75) is 13.0 Å². The molecule has 0 spiro atoms. The van der Waals surface area contributed by atoms with Crippen molar-refractivity contribution in [2.24, 2.45) is 0 Å². The van der Waals surface area contributed by atoms with Crippen molar-refractivity contribution in [3.63, 3.8) is 0 Å². The Kier molecular flexibility index (Phi) is 6.13. The SMILES string of the molecule is COc1ccc(-c2cc(C(=O)O[C@H](C)C(=O)N3CCOCC3)c3ccccc3n2)cc1. The van der Waals surface area contributed by atoms with Crippen LogP contribution in [0.5, 0.6) is 5.75 Å². The summed E-state index contributed by atoms with van der Waals surface area (Å²) in [5.41, 5.74) is 2.53. The Morgan fingerprint density at radius 1 is 1.06 bits per heavy atom. The third kappa shape index (κ3) is 4.51. The molecule has 2 aromatic carbocycles. The number of hydrogen-bond acceptors (Lipinski definition) is 6. The molecule has 7 nitrogen and oxygen atoms in total. The van der Waals surface area contributed by atoms with E-state index in [0.717, 1.165) is 11.3 Å². The van der Waals surface area contributed by atoms with Crippen molar-refractivity contribution in [3.05, 3.63) is 60.2 Å². The van der Waals surface area contributed by atoms with E-state index in [1.54, 1.807) is 25.0 Å². The number of hydrogen-bond donors (Lipinski definition) is 0. The quantitative estimate of drug-likeness (QED) is 0.590. The number of benzene rings is 2. The minimum Gasteiger partial charge on any atom is -0.497 e. The summed E-state index contributed by atoms with van der Waals surface area (Å²) in [6.07, 6.45) is -0.887. The highest BCUT2D eigenvalue weighted by atomic mass is 16.5. The number of carbonyl (C=O) groups excluding carboxylic acids is 2. The molecule has 4 rings (SSSR count). The first kappa shape index (κ1) is 20.8. The summed E-state index contributed by atoms with van der Waals surface area (Å²) in [5, 5.41) is 0.677. The average Bonchev–Trinajstić information content (AvgIpc) is 2.83.